The average molecular weight is 215 g/mol. The van der Waals surface area contributed by atoms with Crippen LogP contribution in [0.3, 0.4) is 0 Å². The van der Waals surface area contributed by atoms with Gasteiger partial charge < -0.3 is 5.73 Å². The number of hydrogen-bond acceptors (Lipinski definition) is 2. The van der Waals surface area contributed by atoms with Crippen molar-refractivity contribution in [2.75, 3.05) is 5.73 Å². The summed E-state index contributed by atoms with van der Waals surface area (Å²) in [5, 5.41) is 4.23. The Balaban J connectivity index is 2.63. The molecule has 0 aliphatic carbocycles. The molecule has 0 bridgehead atoms. The quantitative estimate of drug-likeness (QED) is 0.794. The number of rotatable bonds is 1. The van der Waals surface area contributed by atoms with Crippen LogP contribution in [0.25, 0.3) is 11.3 Å². The maximum absolute atomic E-state index is 5.81. The molecule has 0 amide bonds. The van der Waals surface area contributed by atoms with Gasteiger partial charge in [0.2, 0.25) is 0 Å². The molecule has 0 atom stereocenters. The molecule has 2 rings (SSSR count). The fraction of sp³-hybridized carbons (Fsp3) is 0.308. The number of aryl methyl sites for hydroxylation is 3. The maximum Gasteiger partial charge on any atom is 0.148 e. The van der Waals surface area contributed by atoms with Crippen LogP contribution in [-0.4, -0.2) is 9.78 Å². The van der Waals surface area contributed by atoms with Crippen molar-refractivity contribution in [3.63, 3.8) is 0 Å². The number of benzene rings is 1. The summed E-state index contributed by atoms with van der Waals surface area (Å²) in [4.78, 5) is 0. The lowest BCUT2D eigenvalue weighted by Gasteiger charge is -2.06. The summed E-state index contributed by atoms with van der Waals surface area (Å²) < 4.78 is 1.84. The summed E-state index contributed by atoms with van der Waals surface area (Å²) in [5.41, 5.74) is 11.7. The van der Waals surface area contributed by atoms with Gasteiger partial charge in [0.15, 0.2) is 0 Å². The minimum absolute atomic E-state index is 0.607. The number of aromatic nitrogens is 2. The first-order valence-electron chi connectivity index (χ1n) is 5.37. The third-order valence-electron chi connectivity index (χ3n) is 3.10. The Morgan fingerprint density at radius 3 is 2.31 bits per heavy atom. The molecule has 16 heavy (non-hydrogen) atoms. The Morgan fingerprint density at radius 1 is 1.12 bits per heavy atom. The second kappa shape index (κ2) is 3.67. The molecule has 0 unspecified atom stereocenters. The Bertz CT molecular complexity index is 538. The van der Waals surface area contributed by atoms with E-state index in [4.69, 9.17) is 5.73 Å². The van der Waals surface area contributed by atoms with Crippen LogP contribution in [0.4, 0.5) is 5.82 Å². The molecule has 3 heteroatoms. The zero-order valence-electron chi connectivity index (χ0n) is 10.2. The number of nitrogens with zero attached hydrogens (tertiary/aromatic N) is 2. The van der Waals surface area contributed by atoms with Crippen LogP contribution in [0.1, 0.15) is 16.7 Å². The lowest BCUT2D eigenvalue weighted by atomic mass is 10.0. The van der Waals surface area contributed by atoms with Gasteiger partial charge in [-0.1, -0.05) is 12.1 Å². The second-order valence-corrected chi connectivity index (χ2v) is 4.28. The summed E-state index contributed by atoms with van der Waals surface area (Å²) in [5.74, 6) is 0.607. The standard InChI is InChI=1S/C13H17N3/c1-8-5-6-11(7-9(8)2)12-10(3)13(14)15-16(12)4/h5-7H,1-4H3,(H2,14,15). The van der Waals surface area contributed by atoms with E-state index in [1.165, 1.54) is 16.7 Å². The molecule has 0 saturated carbocycles. The molecule has 0 aliphatic rings. The number of hydrogen-bond donors (Lipinski definition) is 1. The monoisotopic (exact) mass is 215 g/mol. The van der Waals surface area contributed by atoms with Gasteiger partial charge >= 0.3 is 0 Å². The van der Waals surface area contributed by atoms with Crippen molar-refractivity contribution < 1.29 is 0 Å². The van der Waals surface area contributed by atoms with E-state index in [2.05, 4.69) is 37.1 Å². The first kappa shape index (κ1) is 10.7. The molecule has 1 aromatic heterocycles. The van der Waals surface area contributed by atoms with Gasteiger partial charge in [0.25, 0.3) is 0 Å². The Hall–Kier alpha value is -1.77. The van der Waals surface area contributed by atoms with Crippen LogP contribution < -0.4 is 5.73 Å². The van der Waals surface area contributed by atoms with Gasteiger partial charge in [-0.15, -0.1) is 0 Å². The predicted octanol–water partition coefficient (Wildman–Crippen LogP) is 2.59. The first-order chi connectivity index (χ1) is 7.50. The van der Waals surface area contributed by atoms with Crippen LogP contribution in [0, 0.1) is 20.8 Å². The minimum atomic E-state index is 0.607. The van der Waals surface area contributed by atoms with E-state index in [0.717, 1.165) is 11.3 Å². The van der Waals surface area contributed by atoms with Crippen molar-refractivity contribution in [1.82, 2.24) is 9.78 Å². The molecule has 0 aliphatic heterocycles. The first-order valence-corrected chi connectivity index (χ1v) is 5.37. The maximum atomic E-state index is 5.81. The van der Waals surface area contributed by atoms with Crippen LogP contribution in [0.2, 0.25) is 0 Å². The van der Waals surface area contributed by atoms with E-state index in [1.807, 2.05) is 18.7 Å². The smallest absolute Gasteiger partial charge is 0.148 e. The zero-order valence-corrected chi connectivity index (χ0v) is 10.2. The van der Waals surface area contributed by atoms with Gasteiger partial charge in [-0.3, -0.25) is 4.68 Å². The topological polar surface area (TPSA) is 43.8 Å². The predicted molar refractivity (Wildman–Crippen MR) is 67.3 cm³/mol. The lowest BCUT2D eigenvalue weighted by Crippen LogP contribution is -1.95. The molecule has 2 N–H and O–H groups in total. The molecule has 0 fully saturated rings. The highest BCUT2D eigenvalue weighted by molar-refractivity contribution is 5.69. The Kier molecular flexibility index (Phi) is 2.46. The zero-order chi connectivity index (χ0) is 11.9. The SMILES string of the molecule is Cc1ccc(-c2c(C)c(N)nn2C)cc1C. The highest BCUT2D eigenvalue weighted by Gasteiger charge is 2.11. The molecular weight excluding hydrogens is 198 g/mol. The van der Waals surface area contributed by atoms with E-state index in [0.29, 0.717) is 5.82 Å². The van der Waals surface area contributed by atoms with Crippen molar-refractivity contribution in [2.24, 2.45) is 7.05 Å². The van der Waals surface area contributed by atoms with E-state index >= 15 is 0 Å². The van der Waals surface area contributed by atoms with Crippen molar-refractivity contribution in [1.29, 1.82) is 0 Å². The number of nitrogen functional groups attached to an aromatic ring is 1. The van der Waals surface area contributed by atoms with Gasteiger partial charge in [0, 0.05) is 18.2 Å². The van der Waals surface area contributed by atoms with Gasteiger partial charge in [0.1, 0.15) is 5.82 Å². The molecule has 0 radical (unpaired) electrons. The highest BCUT2D eigenvalue weighted by atomic mass is 15.3. The Morgan fingerprint density at radius 2 is 1.81 bits per heavy atom. The van der Waals surface area contributed by atoms with Crippen LogP contribution in [-0.2, 0) is 7.05 Å². The van der Waals surface area contributed by atoms with E-state index in [9.17, 15) is 0 Å². The van der Waals surface area contributed by atoms with Crippen LogP contribution in [0.15, 0.2) is 18.2 Å². The van der Waals surface area contributed by atoms with E-state index in [-0.39, 0.29) is 0 Å². The second-order valence-electron chi connectivity index (χ2n) is 4.28. The normalized spacial score (nSPS) is 10.8. The fourth-order valence-electron chi connectivity index (χ4n) is 1.94. The van der Waals surface area contributed by atoms with Crippen LogP contribution >= 0.6 is 0 Å². The molecular formula is C13H17N3. The highest BCUT2D eigenvalue weighted by Crippen LogP contribution is 2.27. The lowest BCUT2D eigenvalue weighted by molar-refractivity contribution is 0.780. The molecule has 2 aromatic rings. The summed E-state index contributed by atoms with van der Waals surface area (Å²) in [6.07, 6.45) is 0. The molecule has 84 valence electrons. The summed E-state index contributed by atoms with van der Waals surface area (Å²) in [7, 11) is 1.92. The Labute approximate surface area is 95.9 Å². The van der Waals surface area contributed by atoms with Crippen LogP contribution in [0.5, 0.6) is 0 Å². The third kappa shape index (κ3) is 1.58. The molecule has 1 heterocycles. The third-order valence-corrected chi connectivity index (χ3v) is 3.10. The largest absolute Gasteiger partial charge is 0.382 e. The van der Waals surface area contributed by atoms with Crippen molar-refractivity contribution >= 4 is 5.82 Å². The van der Waals surface area contributed by atoms with Gasteiger partial charge in [0.05, 0.1) is 5.69 Å². The molecule has 3 nitrogen and oxygen atoms in total. The molecule has 1 aromatic carbocycles. The number of anilines is 1. The summed E-state index contributed by atoms with van der Waals surface area (Å²) in [6.45, 7) is 6.24. The minimum Gasteiger partial charge on any atom is -0.382 e. The fourth-order valence-corrected chi connectivity index (χ4v) is 1.94. The van der Waals surface area contributed by atoms with E-state index in [1.54, 1.807) is 0 Å². The van der Waals surface area contributed by atoms with Crippen molar-refractivity contribution in [2.45, 2.75) is 20.8 Å². The molecule has 0 spiro atoms. The average Bonchev–Trinajstić information content (AvgIpc) is 2.47. The van der Waals surface area contributed by atoms with E-state index < -0.39 is 0 Å². The van der Waals surface area contributed by atoms with Crippen molar-refractivity contribution in [3.8, 4) is 11.3 Å². The van der Waals surface area contributed by atoms with Gasteiger partial charge in [-0.2, -0.15) is 5.10 Å². The number of nitrogens with two attached hydrogens (primary N) is 1. The van der Waals surface area contributed by atoms with Crippen molar-refractivity contribution in [3.05, 3.63) is 34.9 Å². The summed E-state index contributed by atoms with van der Waals surface area (Å²) >= 11 is 0. The van der Waals surface area contributed by atoms with Gasteiger partial charge in [-0.25, -0.2) is 0 Å². The summed E-state index contributed by atoms with van der Waals surface area (Å²) in [6, 6.07) is 6.43. The van der Waals surface area contributed by atoms with Gasteiger partial charge in [-0.05, 0) is 38.0 Å². The molecule has 0 saturated heterocycles.